The molecular formula is C9H17N5O3S. The summed E-state index contributed by atoms with van der Waals surface area (Å²) < 4.78 is 26.8. The summed E-state index contributed by atoms with van der Waals surface area (Å²) in [6, 6.07) is 0. The van der Waals surface area contributed by atoms with Crippen molar-refractivity contribution in [3.05, 3.63) is 11.4 Å². The van der Waals surface area contributed by atoms with Crippen molar-refractivity contribution in [1.29, 1.82) is 0 Å². The lowest BCUT2D eigenvalue weighted by Gasteiger charge is -2.24. The van der Waals surface area contributed by atoms with E-state index < -0.39 is 15.6 Å². The fraction of sp³-hybridized carbons (Fsp3) is 0.556. The second kappa shape index (κ2) is 4.58. The summed E-state index contributed by atoms with van der Waals surface area (Å²) in [6.45, 7) is 6.16. The maximum absolute atomic E-state index is 12.2. The summed E-state index contributed by atoms with van der Waals surface area (Å²) in [7, 11) is -3.81. The highest BCUT2D eigenvalue weighted by Gasteiger charge is 2.32. The molecule has 5 N–H and O–H groups in total. The molecule has 0 radical (unpaired) electrons. The number of amidine groups is 1. The van der Waals surface area contributed by atoms with E-state index in [4.69, 9.17) is 10.9 Å². The molecule has 18 heavy (non-hydrogen) atoms. The van der Waals surface area contributed by atoms with Gasteiger partial charge in [0, 0.05) is 0 Å². The van der Waals surface area contributed by atoms with Gasteiger partial charge in [0.1, 0.15) is 4.90 Å². The van der Waals surface area contributed by atoms with Gasteiger partial charge in [-0.05, 0) is 27.7 Å². The van der Waals surface area contributed by atoms with Crippen LogP contribution >= 0.6 is 0 Å². The number of nitrogens with zero attached hydrogens (tertiary/aromatic N) is 2. The van der Waals surface area contributed by atoms with Gasteiger partial charge in [-0.1, -0.05) is 5.16 Å². The lowest BCUT2D eigenvalue weighted by molar-refractivity contribution is 0.312. The van der Waals surface area contributed by atoms with Gasteiger partial charge < -0.3 is 10.9 Å². The molecule has 0 saturated heterocycles. The summed E-state index contributed by atoms with van der Waals surface area (Å²) in [6.07, 6.45) is 0. The normalized spacial score (nSPS) is 13.9. The molecule has 0 spiro atoms. The van der Waals surface area contributed by atoms with Gasteiger partial charge in [-0.3, -0.25) is 5.10 Å². The number of hydrogen-bond donors (Lipinski definition) is 4. The van der Waals surface area contributed by atoms with Crippen LogP contribution in [0.1, 0.15) is 25.2 Å². The topological polar surface area (TPSA) is 133 Å². The molecule has 0 amide bonds. The summed E-state index contributed by atoms with van der Waals surface area (Å²) >= 11 is 0. The Hall–Kier alpha value is -1.61. The molecule has 0 fully saturated rings. The first kappa shape index (κ1) is 14.5. The van der Waals surface area contributed by atoms with E-state index in [2.05, 4.69) is 20.1 Å². The van der Waals surface area contributed by atoms with Crippen LogP contribution in [-0.4, -0.2) is 35.2 Å². The van der Waals surface area contributed by atoms with Gasteiger partial charge in [0.05, 0.1) is 16.9 Å². The average Bonchev–Trinajstić information content (AvgIpc) is 2.56. The van der Waals surface area contributed by atoms with Crippen molar-refractivity contribution in [2.24, 2.45) is 10.9 Å². The minimum Gasteiger partial charge on any atom is -0.409 e. The number of aromatic amines is 1. The number of nitrogens with two attached hydrogens (primary N) is 1. The van der Waals surface area contributed by atoms with E-state index in [9.17, 15) is 8.42 Å². The monoisotopic (exact) mass is 275 g/mol. The summed E-state index contributed by atoms with van der Waals surface area (Å²) in [5.74, 6) is -0.232. The molecule has 102 valence electrons. The molecule has 1 aromatic rings. The van der Waals surface area contributed by atoms with E-state index in [-0.39, 0.29) is 10.7 Å². The molecular weight excluding hydrogens is 258 g/mol. The SMILES string of the molecule is Cc1n[nH]c(C)c1S(=O)(=O)NC(C)(C)/C(N)=N/O. The predicted octanol–water partition coefficient (Wildman–Crippen LogP) is -0.170. The highest BCUT2D eigenvalue weighted by atomic mass is 32.2. The zero-order valence-electron chi connectivity index (χ0n) is 10.6. The highest BCUT2D eigenvalue weighted by Crippen LogP contribution is 2.18. The molecule has 0 atom stereocenters. The maximum Gasteiger partial charge on any atom is 0.245 e. The Bertz CT molecular complexity index is 554. The largest absolute Gasteiger partial charge is 0.409 e. The van der Waals surface area contributed by atoms with Crippen LogP contribution in [0, 0.1) is 13.8 Å². The minimum absolute atomic E-state index is 0.0707. The van der Waals surface area contributed by atoms with Gasteiger partial charge in [-0.25, -0.2) is 8.42 Å². The number of hydrogen-bond acceptors (Lipinski definition) is 5. The third-order valence-corrected chi connectivity index (χ3v) is 4.38. The number of rotatable bonds is 4. The molecule has 0 aliphatic carbocycles. The van der Waals surface area contributed by atoms with Crippen LogP contribution in [-0.2, 0) is 10.0 Å². The first-order chi connectivity index (χ1) is 8.12. The van der Waals surface area contributed by atoms with E-state index in [1.165, 1.54) is 13.8 Å². The Morgan fingerprint density at radius 1 is 1.50 bits per heavy atom. The van der Waals surface area contributed by atoms with Gasteiger partial charge >= 0.3 is 0 Å². The number of aryl methyl sites for hydroxylation is 2. The zero-order chi connectivity index (χ0) is 14.1. The molecule has 8 nitrogen and oxygen atoms in total. The molecule has 0 aliphatic rings. The van der Waals surface area contributed by atoms with E-state index in [0.29, 0.717) is 11.4 Å². The van der Waals surface area contributed by atoms with Crippen LogP contribution in [0.25, 0.3) is 0 Å². The third kappa shape index (κ3) is 2.62. The molecule has 0 bridgehead atoms. The predicted molar refractivity (Wildman–Crippen MR) is 65.9 cm³/mol. The average molecular weight is 275 g/mol. The van der Waals surface area contributed by atoms with Crippen molar-refractivity contribution in [2.75, 3.05) is 0 Å². The molecule has 1 aromatic heterocycles. The van der Waals surface area contributed by atoms with E-state index in [0.717, 1.165) is 0 Å². The number of sulfonamides is 1. The summed E-state index contributed by atoms with van der Waals surface area (Å²) in [5, 5.41) is 17.8. The van der Waals surface area contributed by atoms with E-state index in [1.807, 2.05) is 0 Å². The molecule has 9 heteroatoms. The van der Waals surface area contributed by atoms with Crippen LogP contribution < -0.4 is 10.5 Å². The molecule has 0 unspecified atom stereocenters. The number of oxime groups is 1. The Kier molecular flexibility index (Phi) is 3.67. The fourth-order valence-corrected chi connectivity index (χ4v) is 3.26. The first-order valence-corrected chi connectivity index (χ1v) is 6.63. The third-order valence-electron chi connectivity index (χ3n) is 2.47. The minimum atomic E-state index is -3.81. The first-order valence-electron chi connectivity index (χ1n) is 5.15. The van der Waals surface area contributed by atoms with E-state index >= 15 is 0 Å². The fourth-order valence-electron chi connectivity index (χ4n) is 1.50. The van der Waals surface area contributed by atoms with Crippen molar-refractivity contribution in [3.63, 3.8) is 0 Å². The molecule has 0 aromatic carbocycles. The van der Waals surface area contributed by atoms with Crippen molar-refractivity contribution < 1.29 is 13.6 Å². The summed E-state index contributed by atoms with van der Waals surface area (Å²) in [5.41, 5.74) is 5.02. The van der Waals surface area contributed by atoms with Crippen LogP contribution in [0.2, 0.25) is 0 Å². The van der Waals surface area contributed by atoms with Crippen molar-refractivity contribution in [1.82, 2.24) is 14.9 Å². The Morgan fingerprint density at radius 3 is 2.44 bits per heavy atom. The van der Waals surface area contributed by atoms with Crippen LogP contribution in [0.5, 0.6) is 0 Å². The lowest BCUT2D eigenvalue weighted by atomic mass is 10.1. The summed E-state index contributed by atoms with van der Waals surface area (Å²) in [4.78, 5) is 0.0707. The van der Waals surface area contributed by atoms with Gasteiger partial charge in [-0.15, -0.1) is 0 Å². The standard InChI is InChI=1S/C9H17N5O3S/c1-5-7(6(2)12-11-5)18(16,17)14-9(3,4)8(10)13-15/h14-15H,1-4H3,(H2,10,13)(H,11,12). The van der Waals surface area contributed by atoms with Crippen LogP contribution in [0.15, 0.2) is 10.1 Å². The quantitative estimate of drug-likeness (QED) is 0.262. The second-order valence-corrected chi connectivity index (χ2v) is 6.10. The van der Waals surface area contributed by atoms with Crippen LogP contribution in [0.4, 0.5) is 0 Å². The number of aromatic nitrogens is 2. The molecule has 1 heterocycles. The molecule has 0 aliphatic heterocycles. The van der Waals surface area contributed by atoms with Gasteiger partial charge in [0.25, 0.3) is 0 Å². The van der Waals surface area contributed by atoms with Crippen molar-refractivity contribution in [3.8, 4) is 0 Å². The van der Waals surface area contributed by atoms with Crippen LogP contribution in [0.3, 0.4) is 0 Å². The molecule has 1 rings (SSSR count). The molecule has 0 saturated carbocycles. The Balaban J connectivity index is 3.19. The van der Waals surface area contributed by atoms with E-state index in [1.54, 1.807) is 13.8 Å². The number of nitrogens with one attached hydrogen (secondary N) is 2. The zero-order valence-corrected chi connectivity index (χ0v) is 11.5. The van der Waals surface area contributed by atoms with Gasteiger partial charge in [-0.2, -0.15) is 9.82 Å². The maximum atomic E-state index is 12.2. The van der Waals surface area contributed by atoms with Crippen molar-refractivity contribution >= 4 is 15.9 Å². The Morgan fingerprint density at radius 2 is 2.06 bits per heavy atom. The number of H-pyrrole nitrogens is 1. The Labute approximate surface area is 105 Å². The second-order valence-electron chi connectivity index (χ2n) is 4.48. The van der Waals surface area contributed by atoms with Crippen molar-refractivity contribution in [2.45, 2.75) is 38.1 Å². The van der Waals surface area contributed by atoms with Gasteiger partial charge in [0.2, 0.25) is 10.0 Å². The smallest absolute Gasteiger partial charge is 0.245 e. The van der Waals surface area contributed by atoms with Gasteiger partial charge in [0.15, 0.2) is 5.84 Å². The lowest BCUT2D eigenvalue weighted by Crippen LogP contribution is -2.53. The highest BCUT2D eigenvalue weighted by molar-refractivity contribution is 7.89.